The number of unbranched alkanes of at least 4 members (excludes halogenated alkanes) is 4. The van der Waals surface area contributed by atoms with Crippen molar-refractivity contribution in [2.75, 3.05) is 13.2 Å². The molecule has 6 aliphatic rings. The summed E-state index contributed by atoms with van der Waals surface area (Å²) in [6, 6.07) is 4.45. The lowest BCUT2D eigenvalue weighted by molar-refractivity contribution is -0.0139. The SMILES string of the molecule is CCCCCc1cc2c(c(O)c1C1=NCCO1)C1C=C(C)CCC1C(C)(CCC1=CC3c4c(cc(CCCCC)c(C5C=COC=C5)c4O)OC(C)(C)C3CC1)O2. The van der Waals surface area contributed by atoms with E-state index in [0.717, 1.165) is 129 Å². The number of phenolic OH excluding ortho intramolecular Hbond substituents is 2. The molecule has 0 radical (unpaired) electrons. The molecule has 0 amide bonds. The van der Waals surface area contributed by atoms with E-state index in [1.807, 2.05) is 12.2 Å². The first-order valence-corrected chi connectivity index (χ1v) is 22.2. The van der Waals surface area contributed by atoms with Crippen molar-refractivity contribution in [1.82, 2.24) is 0 Å². The van der Waals surface area contributed by atoms with Gasteiger partial charge in [-0.2, -0.15) is 0 Å². The Kier molecular flexibility index (Phi) is 11.3. The molecule has 2 aromatic rings. The largest absolute Gasteiger partial charge is 0.507 e. The van der Waals surface area contributed by atoms with Gasteiger partial charge in [-0.3, -0.25) is 0 Å². The van der Waals surface area contributed by atoms with Crippen LogP contribution in [0, 0.1) is 11.8 Å². The summed E-state index contributed by atoms with van der Waals surface area (Å²) in [5.74, 6) is 3.45. The highest BCUT2D eigenvalue weighted by atomic mass is 16.5. The fraction of sp³-hybridized carbons (Fsp3) is 0.580. The average Bonchev–Trinajstić information content (AvgIpc) is 3.72. The van der Waals surface area contributed by atoms with Gasteiger partial charge < -0.3 is 29.2 Å². The van der Waals surface area contributed by atoms with Crippen LogP contribution in [-0.2, 0) is 22.3 Å². The summed E-state index contributed by atoms with van der Waals surface area (Å²) in [4.78, 5) is 4.68. The van der Waals surface area contributed by atoms with E-state index in [4.69, 9.17) is 18.9 Å². The van der Waals surface area contributed by atoms with Crippen LogP contribution in [0.25, 0.3) is 0 Å². The number of hydrogen-bond acceptors (Lipinski definition) is 7. The Labute approximate surface area is 341 Å². The number of allylic oxidation sites excluding steroid dienone is 6. The number of aryl methyl sites for hydroxylation is 2. The number of fused-ring (bicyclic) bond motifs is 6. The summed E-state index contributed by atoms with van der Waals surface area (Å²) in [6.07, 6.45) is 26.7. The van der Waals surface area contributed by atoms with Crippen LogP contribution in [-0.4, -0.2) is 40.5 Å². The maximum atomic E-state index is 12.4. The minimum absolute atomic E-state index is 0.0464. The average molecular weight is 776 g/mol. The van der Waals surface area contributed by atoms with Gasteiger partial charge in [0, 0.05) is 46.3 Å². The Morgan fingerprint density at radius 3 is 2.14 bits per heavy atom. The Balaban J connectivity index is 1.13. The zero-order chi connectivity index (χ0) is 39.9. The van der Waals surface area contributed by atoms with Gasteiger partial charge in [0.1, 0.15) is 40.8 Å². The molecule has 0 saturated heterocycles. The van der Waals surface area contributed by atoms with Crippen molar-refractivity contribution >= 4 is 5.90 Å². The number of benzene rings is 2. The predicted octanol–water partition coefficient (Wildman–Crippen LogP) is 12.1. The Hall–Kier alpha value is -4.13. The zero-order valence-electron chi connectivity index (χ0n) is 35.3. The van der Waals surface area contributed by atoms with Gasteiger partial charge in [0.05, 0.1) is 24.6 Å². The lowest BCUT2D eigenvalue weighted by Gasteiger charge is -2.49. The Morgan fingerprint density at radius 2 is 1.42 bits per heavy atom. The molecule has 5 atom stereocenters. The highest BCUT2D eigenvalue weighted by Gasteiger charge is 2.50. The number of rotatable bonds is 13. The van der Waals surface area contributed by atoms with Gasteiger partial charge in [-0.05, 0) is 127 Å². The molecule has 4 heterocycles. The monoisotopic (exact) mass is 775 g/mol. The van der Waals surface area contributed by atoms with Crippen LogP contribution in [0.15, 0.2) is 65.1 Å². The number of aliphatic imine (C=N–C) groups is 1. The second-order valence-corrected chi connectivity index (χ2v) is 18.4. The van der Waals surface area contributed by atoms with Gasteiger partial charge in [0.2, 0.25) is 5.90 Å². The number of aromatic hydroxyl groups is 2. The molecular formula is C50H65NO6. The quantitative estimate of drug-likeness (QED) is 0.156. The molecule has 57 heavy (non-hydrogen) atoms. The number of phenols is 2. The molecule has 2 aromatic carbocycles. The highest BCUT2D eigenvalue weighted by Crippen LogP contribution is 2.58. The van der Waals surface area contributed by atoms with Crippen LogP contribution in [0.5, 0.6) is 23.0 Å². The summed E-state index contributed by atoms with van der Waals surface area (Å²) < 4.78 is 25.5. The van der Waals surface area contributed by atoms with E-state index in [9.17, 15) is 10.2 Å². The summed E-state index contributed by atoms with van der Waals surface area (Å²) in [5, 5.41) is 24.5. The number of hydrogen-bond donors (Lipinski definition) is 2. The summed E-state index contributed by atoms with van der Waals surface area (Å²) in [7, 11) is 0. The lowest BCUT2D eigenvalue weighted by Crippen LogP contribution is -2.48. The molecule has 7 nitrogen and oxygen atoms in total. The van der Waals surface area contributed by atoms with E-state index in [1.165, 1.54) is 16.7 Å². The maximum Gasteiger partial charge on any atom is 0.220 e. The van der Waals surface area contributed by atoms with Crippen molar-refractivity contribution in [3.05, 3.63) is 93.5 Å². The Bertz CT molecular complexity index is 1990. The normalized spacial score (nSPS) is 27.0. The molecule has 0 fully saturated rings. The van der Waals surface area contributed by atoms with E-state index in [2.05, 4.69) is 70.8 Å². The lowest BCUT2D eigenvalue weighted by atomic mass is 9.64. The van der Waals surface area contributed by atoms with Crippen molar-refractivity contribution in [1.29, 1.82) is 0 Å². The van der Waals surface area contributed by atoms with Crippen molar-refractivity contribution in [2.24, 2.45) is 16.8 Å². The van der Waals surface area contributed by atoms with Crippen LogP contribution >= 0.6 is 0 Å². The van der Waals surface area contributed by atoms with Gasteiger partial charge >= 0.3 is 0 Å². The third-order valence-corrected chi connectivity index (χ3v) is 14.1. The van der Waals surface area contributed by atoms with E-state index >= 15 is 0 Å². The van der Waals surface area contributed by atoms with Crippen molar-refractivity contribution in [3.63, 3.8) is 0 Å². The van der Waals surface area contributed by atoms with Crippen molar-refractivity contribution in [2.45, 2.75) is 160 Å². The molecule has 2 aliphatic carbocycles. The van der Waals surface area contributed by atoms with Gasteiger partial charge in [-0.25, -0.2) is 4.99 Å². The first-order valence-electron chi connectivity index (χ1n) is 22.2. The fourth-order valence-electron chi connectivity index (χ4n) is 11.1. The van der Waals surface area contributed by atoms with Crippen LogP contribution in [0.2, 0.25) is 0 Å². The molecule has 2 N–H and O–H groups in total. The van der Waals surface area contributed by atoms with Crippen LogP contribution in [0.1, 0.15) is 170 Å². The minimum atomic E-state index is -0.417. The molecular weight excluding hydrogens is 711 g/mol. The van der Waals surface area contributed by atoms with Crippen molar-refractivity contribution in [3.8, 4) is 23.0 Å². The second-order valence-electron chi connectivity index (χ2n) is 18.4. The maximum absolute atomic E-state index is 12.4. The molecule has 8 rings (SSSR count). The molecule has 7 heteroatoms. The van der Waals surface area contributed by atoms with E-state index in [1.54, 1.807) is 12.5 Å². The van der Waals surface area contributed by atoms with E-state index in [-0.39, 0.29) is 35.2 Å². The van der Waals surface area contributed by atoms with Gasteiger partial charge in [0.15, 0.2) is 0 Å². The standard InChI is InChI=1S/C50H65NO6/c1-7-9-11-13-34-29-40-45(46(52)42(34)33-20-24-54-25-21-33)37-28-32(16-18-38(37)49(4,5)56-40)19-22-50(6)39-17-15-31(3)27-36(39)44-41(57-50)30-35(14-12-10-8-2)43(47(44)53)48-51-23-26-55-48/h20-21,24-25,27-30,33,36-39,52-53H,7-19,22-23,26H2,1-6H3. The van der Waals surface area contributed by atoms with Crippen LogP contribution < -0.4 is 9.47 Å². The number of ether oxygens (including phenoxy) is 4. The summed E-state index contributed by atoms with van der Waals surface area (Å²) >= 11 is 0. The third kappa shape index (κ3) is 7.53. The van der Waals surface area contributed by atoms with Crippen LogP contribution in [0.4, 0.5) is 0 Å². The zero-order valence-corrected chi connectivity index (χ0v) is 35.3. The Morgan fingerprint density at radius 1 is 0.754 bits per heavy atom. The smallest absolute Gasteiger partial charge is 0.220 e. The molecule has 0 aromatic heterocycles. The van der Waals surface area contributed by atoms with Gasteiger partial charge in [-0.1, -0.05) is 62.8 Å². The van der Waals surface area contributed by atoms with Gasteiger partial charge in [0.25, 0.3) is 0 Å². The second kappa shape index (κ2) is 16.3. The summed E-state index contributed by atoms with van der Waals surface area (Å²) in [5.41, 5.74) is 7.87. The first kappa shape index (κ1) is 39.7. The molecule has 5 unspecified atom stereocenters. The summed E-state index contributed by atoms with van der Waals surface area (Å²) in [6.45, 7) is 14.6. The van der Waals surface area contributed by atoms with E-state index < -0.39 is 5.60 Å². The molecule has 4 aliphatic heterocycles. The third-order valence-electron chi connectivity index (χ3n) is 14.1. The van der Waals surface area contributed by atoms with Crippen LogP contribution in [0.3, 0.4) is 0 Å². The first-order chi connectivity index (χ1) is 27.5. The molecule has 0 saturated carbocycles. The fourth-order valence-corrected chi connectivity index (χ4v) is 11.1. The highest BCUT2D eigenvalue weighted by molar-refractivity contribution is 6.00. The molecule has 306 valence electrons. The minimum Gasteiger partial charge on any atom is -0.507 e. The molecule has 0 bridgehead atoms. The van der Waals surface area contributed by atoms with Gasteiger partial charge in [-0.15, -0.1) is 0 Å². The van der Waals surface area contributed by atoms with E-state index in [0.29, 0.717) is 30.5 Å². The van der Waals surface area contributed by atoms with Crippen molar-refractivity contribution < 1.29 is 29.2 Å². The predicted molar refractivity (Wildman–Crippen MR) is 228 cm³/mol. The molecule has 0 spiro atoms. The number of nitrogens with zero attached hydrogens (tertiary/aromatic N) is 1. The topological polar surface area (TPSA) is 89.7 Å².